The summed E-state index contributed by atoms with van der Waals surface area (Å²) in [7, 11) is -17.9. The van der Waals surface area contributed by atoms with Gasteiger partial charge in [-0.2, -0.15) is 38.2 Å². The van der Waals surface area contributed by atoms with Crippen LogP contribution in [0.1, 0.15) is 96.1 Å². The van der Waals surface area contributed by atoms with E-state index >= 15 is 0 Å². The number of fused-ring (bicyclic) bond motifs is 2. The molecule has 2 aromatic carbocycles. The van der Waals surface area contributed by atoms with Crippen LogP contribution in [0.2, 0.25) is 0 Å². The van der Waals surface area contributed by atoms with Crippen molar-refractivity contribution in [2.45, 2.75) is 106 Å². The van der Waals surface area contributed by atoms with Crippen molar-refractivity contribution in [1.29, 1.82) is 0 Å². The van der Waals surface area contributed by atoms with Crippen molar-refractivity contribution < 1.29 is 75.7 Å². The first-order valence-electron chi connectivity index (χ1n) is 19.7. The molecule has 340 valence electrons. The number of nitrogens with zero attached hydrogens (tertiary/aromatic N) is 3. The number of rotatable bonds is 20. The predicted molar refractivity (Wildman–Crippen MR) is 224 cm³/mol. The Kier molecular flexibility index (Phi) is 14.4. The molecular weight excluding hydrogens is 895 g/mol. The zero-order valence-electron chi connectivity index (χ0n) is 34.3. The van der Waals surface area contributed by atoms with E-state index in [0.717, 1.165) is 0 Å². The number of carbonyl (C=O) groups excluding carboxylic acids is 3. The molecule has 19 nitrogen and oxygen atoms in total. The molecule has 2 amide bonds. The summed E-state index contributed by atoms with van der Waals surface area (Å²) >= 11 is 0. The number of benzene rings is 2. The summed E-state index contributed by atoms with van der Waals surface area (Å²) in [5.41, 5.74) is 1.35. The Morgan fingerprint density at radius 1 is 0.758 bits per heavy atom. The number of hydrogen-bond donors (Lipinski definition) is 4. The van der Waals surface area contributed by atoms with Crippen LogP contribution in [0.3, 0.4) is 0 Å². The number of imide groups is 1. The Morgan fingerprint density at radius 2 is 1.34 bits per heavy atom. The van der Waals surface area contributed by atoms with Crippen molar-refractivity contribution in [2.24, 2.45) is 0 Å². The van der Waals surface area contributed by atoms with Crippen LogP contribution in [-0.4, -0.2) is 110 Å². The Bertz CT molecular complexity index is 2670. The number of allylic oxidation sites excluding steroid dienone is 4. The summed E-state index contributed by atoms with van der Waals surface area (Å²) < 4.78 is 136. The Hall–Kier alpha value is -4.36. The molecule has 2 aromatic rings. The number of amides is 2. The minimum atomic E-state index is -4.69. The second-order valence-corrected chi connectivity index (χ2v) is 22.1. The maximum Gasteiger partial charge on any atom is 0.333 e. The highest BCUT2D eigenvalue weighted by atomic mass is 32.2. The van der Waals surface area contributed by atoms with Gasteiger partial charge in [-0.05, 0) is 94.8 Å². The molecule has 1 unspecified atom stereocenters. The van der Waals surface area contributed by atoms with Crippen molar-refractivity contribution in [1.82, 2.24) is 5.06 Å². The highest BCUT2D eigenvalue weighted by molar-refractivity contribution is 7.86. The molecule has 0 radical (unpaired) electrons. The molecule has 0 aromatic heterocycles. The molecule has 1 atom stereocenters. The highest BCUT2D eigenvalue weighted by Gasteiger charge is 2.46. The second-order valence-electron chi connectivity index (χ2n) is 16.1. The van der Waals surface area contributed by atoms with Crippen LogP contribution in [0.15, 0.2) is 70.1 Å². The van der Waals surface area contributed by atoms with Gasteiger partial charge in [0.2, 0.25) is 5.69 Å². The number of carbonyl (C=O) groups is 3. The van der Waals surface area contributed by atoms with E-state index in [1.165, 1.54) is 30.3 Å². The second kappa shape index (κ2) is 18.4. The third kappa shape index (κ3) is 11.4. The molecule has 23 heteroatoms. The third-order valence-electron chi connectivity index (χ3n) is 11.3. The number of unbranched alkanes of at least 4 members (excludes halogenated alkanes) is 3. The smallest absolute Gasteiger partial charge is 0.333 e. The van der Waals surface area contributed by atoms with E-state index in [1.54, 1.807) is 36.1 Å². The van der Waals surface area contributed by atoms with Crippen LogP contribution in [0.25, 0.3) is 0 Å². The van der Waals surface area contributed by atoms with E-state index in [2.05, 4.69) is 0 Å². The van der Waals surface area contributed by atoms with Crippen LogP contribution >= 0.6 is 0 Å². The van der Waals surface area contributed by atoms with Crippen molar-refractivity contribution >= 4 is 75.3 Å². The van der Waals surface area contributed by atoms with E-state index in [4.69, 9.17) is 4.84 Å². The topological polar surface area (TPSA) is 287 Å². The van der Waals surface area contributed by atoms with E-state index < -0.39 is 85.5 Å². The largest absolute Gasteiger partial charge is 0.344 e. The first kappa shape index (κ1) is 48.7. The molecule has 0 spiro atoms. The standard InChI is InChI=1S/C39H49N3O16S4/c1-38(2)29-25-27(61(52,53)54)14-16-31(29)40(21-7-4-5-13-37(45)58-42-35(43)18-19-36(42)44)33(38)11-9-12-34-39(3,20-6-8-23-59(46,47)48)30-26-28(62(55,56)57)15-17-32(30)41(34)22-10-24-60(49,50)51/h9,11-12,14-17,25-26H,4-8,10,13,18-24H2,1-3H3,(H3-,46,47,48,49,50,51,52,53,54,55,56,57)/p+1. The van der Waals surface area contributed by atoms with Gasteiger partial charge in [-0.3, -0.25) is 27.8 Å². The molecule has 3 heterocycles. The molecule has 62 heavy (non-hydrogen) atoms. The zero-order valence-corrected chi connectivity index (χ0v) is 37.5. The van der Waals surface area contributed by atoms with Gasteiger partial charge in [0.15, 0.2) is 5.71 Å². The number of anilines is 1. The Balaban J connectivity index is 1.52. The van der Waals surface area contributed by atoms with Gasteiger partial charge in [0, 0.05) is 66.7 Å². The molecule has 0 saturated carbocycles. The van der Waals surface area contributed by atoms with Gasteiger partial charge in [-0.15, -0.1) is 5.06 Å². The van der Waals surface area contributed by atoms with Gasteiger partial charge in [0.05, 0.1) is 26.7 Å². The van der Waals surface area contributed by atoms with Crippen molar-refractivity contribution in [3.05, 3.63) is 71.5 Å². The lowest BCUT2D eigenvalue weighted by atomic mass is 9.77. The van der Waals surface area contributed by atoms with Gasteiger partial charge >= 0.3 is 5.97 Å². The molecular formula is C39H50N3O16S4+. The minimum absolute atomic E-state index is 0.0223. The monoisotopic (exact) mass is 944 g/mol. The first-order valence-corrected chi connectivity index (χ1v) is 25.8. The molecule has 5 rings (SSSR count). The van der Waals surface area contributed by atoms with Gasteiger partial charge in [-0.25, -0.2) is 4.79 Å². The van der Waals surface area contributed by atoms with E-state index in [1.807, 2.05) is 18.4 Å². The fourth-order valence-corrected chi connectivity index (χ4v) is 10.2. The predicted octanol–water partition coefficient (Wildman–Crippen LogP) is 4.28. The average molecular weight is 945 g/mol. The summed E-state index contributed by atoms with van der Waals surface area (Å²) in [6.45, 7) is 5.87. The van der Waals surface area contributed by atoms with Crippen molar-refractivity contribution in [2.75, 3.05) is 29.5 Å². The Morgan fingerprint density at radius 3 is 1.94 bits per heavy atom. The van der Waals surface area contributed by atoms with Crippen LogP contribution in [0.4, 0.5) is 11.4 Å². The van der Waals surface area contributed by atoms with Gasteiger partial charge in [0.25, 0.3) is 52.3 Å². The summed E-state index contributed by atoms with van der Waals surface area (Å²) in [5, 5.41) is 0.488. The van der Waals surface area contributed by atoms with E-state index in [-0.39, 0.29) is 56.4 Å². The van der Waals surface area contributed by atoms with Crippen molar-refractivity contribution in [3.8, 4) is 0 Å². The zero-order chi connectivity index (χ0) is 46.1. The summed E-state index contributed by atoms with van der Waals surface area (Å²) in [5.74, 6) is -3.04. The van der Waals surface area contributed by atoms with Crippen LogP contribution < -0.4 is 4.90 Å². The van der Waals surface area contributed by atoms with Gasteiger partial charge in [-0.1, -0.05) is 12.5 Å². The lowest BCUT2D eigenvalue weighted by Crippen LogP contribution is -2.31. The number of hydrogen-bond acceptors (Lipinski definition) is 13. The minimum Gasteiger partial charge on any atom is -0.344 e. The quantitative estimate of drug-likeness (QED) is 0.0624. The van der Waals surface area contributed by atoms with E-state index in [0.29, 0.717) is 64.8 Å². The molecule has 3 aliphatic heterocycles. The Labute approximate surface area is 361 Å². The maximum atomic E-state index is 12.4. The average Bonchev–Trinajstić information content (AvgIpc) is 3.67. The molecule has 3 aliphatic rings. The number of hydroxylamine groups is 2. The highest BCUT2D eigenvalue weighted by Crippen LogP contribution is 2.51. The lowest BCUT2D eigenvalue weighted by molar-refractivity contribution is -0.438. The fourth-order valence-electron chi connectivity index (χ4n) is 8.17. The third-order valence-corrected chi connectivity index (χ3v) is 14.6. The SMILES string of the molecule is CC1(C)C(/C=C\C=C2/N(CCCS(=O)(=O)O)c3ccc(S(=O)(=O)O)cc3C2(C)CCCCS(=O)(=O)O)=[N+](CCCCCC(=O)ON2C(=O)CCC2=O)c2ccc(S(=O)(=O)O)cc21. The summed E-state index contributed by atoms with van der Waals surface area (Å²) in [6.07, 6.45) is 6.85. The summed E-state index contributed by atoms with van der Waals surface area (Å²) in [6, 6.07) is 8.16. The molecule has 0 aliphatic carbocycles. The summed E-state index contributed by atoms with van der Waals surface area (Å²) in [4.78, 5) is 42.0. The van der Waals surface area contributed by atoms with Gasteiger partial charge < -0.3 is 9.74 Å². The first-order chi connectivity index (χ1) is 28.6. The molecule has 1 saturated heterocycles. The van der Waals surface area contributed by atoms with Crippen LogP contribution in [0, 0.1) is 0 Å². The van der Waals surface area contributed by atoms with E-state index in [9.17, 15) is 66.3 Å². The maximum absolute atomic E-state index is 12.4. The van der Waals surface area contributed by atoms with Crippen LogP contribution in [0.5, 0.6) is 0 Å². The molecule has 0 bridgehead atoms. The molecule has 4 N–H and O–H groups in total. The van der Waals surface area contributed by atoms with Crippen molar-refractivity contribution in [3.63, 3.8) is 0 Å². The normalized spacial score (nSPS) is 19.9. The van der Waals surface area contributed by atoms with Gasteiger partial charge in [0.1, 0.15) is 6.54 Å². The fraction of sp³-hybridized carbons (Fsp3) is 0.487. The molecule has 1 fully saturated rings. The lowest BCUT2D eigenvalue weighted by Gasteiger charge is -2.30. The van der Waals surface area contributed by atoms with Crippen LogP contribution in [-0.2, 0) is 70.5 Å².